The molecule has 6 heterocycles. The van der Waals surface area contributed by atoms with Crippen LogP contribution < -0.4 is 30.0 Å². The molecule has 9 aromatic rings. The molecule has 0 saturated heterocycles. The monoisotopic (exact) mass is 638 g/mol. The van der Waals surface area contributed by atoms with E-state index in [1.807, 2.05) is 0 Å². The molecule has 0 spiro atoms. The predicted octanol–water partition coefficient (Wildman–Crippen LogP) is 8.90. The van der Waals surface area contributed by atoms with Gasteiger partial charge in [-0.3, -0.25) is 0 Å². The first kappa shape index (κ1) is 25.5. The number of ether oxygens (including phenoxy) is 2. The van der Waals surface area contributed by atoms with Gasteiger partial charge in [0.15, 0.2) is 0 Å². The Bertz CT molecular complexity index is 2800. The average molecular weight is 638 g/mol. The zero-order valence-electron chi connectivity index (χ0n) is 26.6. The van der Waals surface area contributed by atoms with Crippen molar-refractivity contribution in [2.45, 2.75) is 0 Å². The van der Waals surface area contributed by atoms with E-state index >= 15 is 0 Å². The number of hydrogen-bond acceptors (Lipinski definition) is 4. The minimum Gasteiger partial charge on any atom is -0.456 e. The first-order chi connectivity index (χ1) is 24.8. The van der Waals surface area contributed by atoms with Crippen molar-refractivity contribution in [3.8, 4) is 23.0 Å². The number of hydrogen-bond donors (Lipinski definition) is 0. The third-order valence-corrected chi connectivity index (χ3v) is 11.3. The topological polar surface area (TPSA) is 34.8 Å². The minimum atomic E-state index is -0.183. The molecule has 8 heteroatoms. The number of nitrogens with zero attached hydrogens (tertiary/aromatic N) is 4. The molecule has 13 rings (SSSR count). The van der Waals surface area contributed by atoms with Crippen LogP contribution in [0.1, 0.15) is 0 Å². The second kappa shape index (κ2) is 8.73. The third kappa shape index (κ3) is 2.88. The van der Waals surface area contributed by atoms with E-state index in [0.717, 1.165) is 45.3 Å². The quantitative estimate of drug-likeness (QED) is 0.156. The summed E-state index contributed by atoms with van der Waals surface area (Å²) in [6.45, 7) is -0.367. The molecule has 6 nitrogen and oxygen atoms in total. The Hall–Kier alpha value is -6.53. The number of rotatable bonds is 0. The lowest BCUT2D eigenvalue weighted by Gasteiger charge is -2.26. The van der Waals surface area contributed by atoms with Gasteiger partial charge >= 0.3 is 14.0 Å². The lowest BCUT2D eigenvalue weighted by atomic mass is 9.61. The number of fused-ring (bicyclic) bond motifs is 20. The average Bonchev–Trinajstić information content (AvgIpc) is 3.84. The van der Waals surface area contributed by atoms with Crippen molar-refractivity contribution >= 4 is 91.3 Å². The van der Waals surface area contributed by atoms with E-state index < -0.39 is 0 Å². The molecule has 230 valence electrons. The number of anilines is 4. The molecule has 50 heavy (non-hydrogen) atoms. The fourth-order valence-corrected chi connectivity index (χ4v) is 9.43. The first-order valence-corrected chi connectivity index (χ1v) is 17.2. The summed E-state index contributed by atoms with van der Waals surface area (Å²) in [4.78, 5) is 4.90. The summed E-state index contributed by atoms with van der Waals surface area (Å²) in [5, 5.41) is 5.03. The third-order valence-electron chi connectivity index (χ3n) is 11.3. The van der Waals surface area contributed by atoms with Gasteiger partial charge in [-0.1, -0.05) is 84.9 Å². The highest BCUT2D eigenvalue weighted by Crippen LogP contribution is 2.51. The normalized spacial score (nSPS) is 14.6. The van der Waals surface area contributed by atoms with Crippen LogP contribution in [0.25, 0.3) is 43.6 Å². The van der Waals surface area contributed by atoms with E-state index in [1.165, 1.54) is 55.0 Å². The molecule has 7 aromatic carbocycles. The lowest BCUT2D eigenvalue weighted by molar-refractivity contribution is 0.479. The van der Waals surface area contributed by atoms with Crippen LogP contribution in [-0.2, 0) is 0 Å². The molecule has 0 unspecified atom stereocenters. The van der Waals surface area contributed by atoms with E-state index in [1.54, 1.807) is 0 Å². The Labute approximate surface area is 287 Å². The zero-order valence-corrected chi connectivity index (χ0v) is 26.6. The Kier molecular flexibility index (Phi) is 4.45. The van der Waals surface area contributed by atoms with Crippen molar-refractivity contribution in [3.05, 3.63) is 146 Å². The Morgan fingerprint density at radius 1 is 0.360 bits per heavy atom. The lowest BCUT2D eigenvalue weighted by Crippen LogP contribution is -2.51. The van der Waals surface area contributed by atoms with Crippen LogP contribution in [-0.4, -0.2) is 22.9 Å². The summed E-state index contributed by atoms with van der Waals surface area (Å²) in [6.07, 6.45) is 0. The van der Waals surface area contributed by atoms with Gasteiger partial charge in [0.2, 0.25) is 0 Å². The van der Waals surface area contributed by atoms with Crippen LogP contribution >= 0.6 is 0 Å². The molecular weight excluding hydrogens is 614 g/mol. The molecule has 0 amide bonds. The smallest absolute Gasteiger partial charge is 0.424 e. The summed E-state index contributed by atoms with van der Waals surface area (Å²) in [6, 6.07) is 52.2. The molecule has 0 bridgehead atoms. The van der Waals surface area contributed by atoms with Gasteiger partial charge in [0, 0.05) is 43.5 Å². The van der Waals surface area contributed by atoms with E-state index in [4.69, 9.17) is 9.47 Å². The van der Waals surface area contributed by atoms with Crippen molar-refractivity contribution in [2.75, 3.05) is 9.62 Å². The fraction of sp³-hybridized carbons (Fsp3) is 0. The largest absolute Gasteiger partial charge is 0.456 e. The summed E-state index contributed by atoms with van der Waals surface area (Å²) >= 11 is 0. The molecule has 4 aliphatic rings. The molecule has 4 aliphatic heterocycles. The van der Waals surface area contributed by atoms with Gasteiger partial charge in [-0.05, 0) is 60.7 Å². The predicted molar refractivity (Wildman–Crippen MR) is 204 cm³/mol. The second-order valence-electron chi connectivity index (χ2n) is 13.7. The number of benzene rings is 7. The van der Waals surface area contributed by atoms with Crippen LogP contribution in [0, 0.1) is 0 Å². The van der Waals surface area contributed by atoms with Crippen LogP contribution in [0.15, 0.2) is 146 Å². The van der Waals surface area contributed by atoms with Crippen molar-refractivity contribution in [1.82, 2.24) is 8.96 Å². The maximum atomic E-state index is 7.05. The first-order valence-electron chi connectivity index (χ1n) is 17.2. The molecule has 0 N–H and O–H groups in total. The Morgan fingerprint density at radius 3 is 1.26 bits per heavy atom. The van der Waals surface area contributed by atoms with E-state index in [9.17, 15) is 0 Å². The highest BCUT2D eigenvalue weighted by molar-refractivity contribution is 6.83. The number of aromatic nitrogens is 2. The molecule has 2 aromatic heterocycles. The summed E-state index contributed by atoms with van der Waals surface area (Å²) in [5.41, 5.74) is 11.4. The van der Waals surface area contributed by atoms with Crippen LogP contribution in [0.2, 0.25) is 0 Å². The van der Waals surface area contributed by atoms with E-state index in [0.29, 0.717) is 0 Å². The van der Waals surface area contributed by atoms with Crippen molar-refractivity contribution in [1.29, 1.82) is 0 Å². The van der Waals surface area contributed by atoms with Gasteiger partial charge in [-0.15, -0.1) is 0 Å². The second-order valence-corrected chi connectivity index (χ2v) is 13.7. The van der Waals surface area contributed by atoms with Gasteiger partial charge in [0.05, 0.1) is 33.8 Å². The molecule has 0 aliphatic carbocycles. The van der Waals surface area contributed by atoms with Crippen molar-refractivity contribution in [3.63, 3.8) is 0 Å². The van der Waals surface area contributed by atoms with Crippen molar-refractivity contribution in [2.24, 2.45) is 0 Å². The Morgan fingerprint density at radius 2 is 0.760 bits per heavy atom. The maximum absolute atomic E-state index is 7.05. The standard InChI is InChI=1S/C42H24B2N4O2/c1-3-15-31-25(11-1)27-13-9-19-35-41(27)47(31)43-29-23-40-30(24-39(29)49-37-21-7-5-17-33(37)45(35)43)44-46(34-18-6-8-22-38(34)50-40)36-20-10-14-28-26-12-2-4-16-32(26)48(44)42(28)36/h1-24H. The molecule has 0 radical (unpaired) electrons. The summed E-state index contributed by atoms with van der Waals surface area (Å²) < 4.78 is 19.1. The minimum absolute atomic E-state index is 0.183. The number of para-hydroxylation sites is 8. The molecule has 0 saturated carbocycles. The van der Waals surface area contributed by atoms with Gasteiger partial charge in [0.1, 0.15) is 23.0 Å². The molecule has 0 fully saturated rings. The van der Waals surface area contributed by atoms with E-state index in [-0.39, 0.29) is 14.0 Å². The Balaban J connectivity index is 1.15. The highest BCUT2D eigenvalue weighted by Gasteiger charge is 2.48. The summed E-state index contributed by atoms with van der Waals surface area (Å²) in [7, 11) is 0. The fourth-order valence-electron chi connectivity index (χ4n) is 9.43. The van der Waals surface area contributed by atoms with Gasteiger partial charge < -0.3 is 28.1 Å². The SMILES string of the molecule is c1ccc2c(c1)Oc1cc3c(cc1B1N2c2cccc4c5ccccc5n1c24)Oc1ccccc1N1B3n2c3ccccc3c3cccc1c32. The summed E-state index contributed by atoms with van der Waals surface area (Å²) in [5.74, 6) is 3.34. The van der Waals surface area contributed by atoms with Crippen LogP contribution in [0.4, 0.5) is 22.7 Å². The van der Waals surface area contributed by atoms with Crippen LogP contribution in [0.5, 0.6) is 23.0 Å². The molecule has 0 atom stereocenters. The maximum Gasteiger partial charge on any atom is 0.424 e. The molecular formula is C42H24B2N4O2. The highest BCUT2D eigenvalue weighted by atomic mass is 16.5. The van der Waals surface area contributed by atoms with Crippen molar-refractivity contribution < 1.29 is 9.47 Å². The van der Waals surface area contributed by atoms with E-state index in [2.05, 4.69) is 164 Å². The van der Waals surface area contributed by atoms with Gasteiger partial charge in [-0.25, -0.2) is 0 Å². The zero-order chi connectivity index (χ0) is 32.2. The van der Waals surface area contributed by atoms with Gasteiger partial charge in [-0.2, -0.15) is 0 Å². The van der Waals surface area contributed by atoms with Crippen LogP contribution in [0.3, 0.4) is 0 Å². The van der Waals surface area contributed by atoms with Gasteiger partial charge in [0.25, 0.3) is 0 Å².